The number of hydrogen-bond donors (Lipinski definition) is 1. The molecular formula is C17H16F3N5O3S. The van der Waals surface area contributed by atoms with Gasteiger partial charge >= 0.3 is 6.18 Å². The Labute approximate surface area is 164 Å². The zero-order valence-electron chi connectivity index (χ0n) is 15.1. The summed E-state index contributed by atoms with van der Waals surface area (Å²) in [7, 11) is -4.12. The van der Waals surface area contributed by atoms with Gasteiger partial charge in [0.05, 0.1) is 12.2 Å². The van der Waals surface area contributed by atoms with Crippen LogP contribution in [0.25, 0.3) is 5.82 Å². The maximum Gasteiger partial charge on any atom is 0.390 e. The lowest BCUT2D eigenvalue weighted by molar-refractivity contribution is -0.129. The number of sulfonamides is 1. The van der Waals surface area contributed by atoms with Crippen LogP contribution in [-0.4, -0.2) is 39.9 Å². The number of rotatable bonds is 7. The average Bonchev–Trinajstić information content (AvgIpc) is 3.15. The number of nitrogens with one attached hydrogen (secondary N) is 1. The molecule has 0 unspecified atom stereocenters. The fourth-order valence-corrected chi connectivity index (χ4v) is 3.39. The standard InChI is InChI=1S/C17H16F3N5O3S/c1-12-22-15(25-8-7-21-11-25)10-16(23-12)28-14-4-2-13(3-5-14)24-29(26,27)9-6-17(18,19)20/h2-5,7-8,10-11,24H,6,9H2,1H3. The van der Waals surface area contributed by atoms with Crippen molar-refractivity contribution in [1.29, 1.82) is 0 Å². The van der Waals surface area contributed by atoms with Crippen LogP contribution >= 0.6 is 0 Å². The number of aromatic nitrogens is 4. The summed E-state index contributed by atoms with van der Waals surface area (Å²) in [6, 6.07) is 7.30. The maximum absolute atomic E-state index is 12.2. The topological polar surface area (TPSA) is 99.0 Å². The number of alkyl halides is 3. The van der Waals surface area contributed by atoms with Crippen LogP contribution < -0.4 is 9.46 Å². The van der Waals surface area contributed by atoms with E-state index in [0.29, 0.717) is 17.4 Å². The fraction of sp³-hybridized carbons (Fsp3) is 0.235. The largest absolute Gasteiger partial charge is 0.439 e. The lowest BCUT2D eigenvalue weighted by Gasteiger charge is -2.11. The third kappa shape index (κ3) is 6.17. The van der Waals surface area contributed by atoms with Crippen molar-refractivity contribution in [3.8, 4) is 17.4 Å². The molecule has 3 rings (SSSR count). The number of halogens is 3. The Kier molecular flexibility index (Phi) is 5.73. The van der Waals surface area contributed by atoms with Gasteiger partial charge in [-0.2, -0.15) is 18.2 Å². The molecule has 2 aromatic heterocycles. The first-order valence-electron chi connectivity index (χ1n) is 8.29. The van der Waals surface area contributed by atoms with Crippen LogP contribution in [0.3, 0.4) is 0 Å². The molecule has 29 heavy (non-hydrogen) atoms. The Hall–Kier alpha value is -3.15. The van der Waals surface area contributed by atoms with E-state index in [1.54, 1.807) is 36.3 Å². The predicted molar refractivity (Wildman–Crippen MR) is 98.5 cm³/mol. The molecule has 0 radical (unpaired) electrons. The van der Waals surface area contributed by atoms with E-state index in [9.17, 15) is 21.6 Å². The summed E-state index contributed by atoms with van der Waals surface area (Å²) >= 11 is 0. The Morgan fingerprint density at radius 3 is 2.52 bits per heavy atom. The second kappa shape index (κ2) is 8.07. The molecule has 8 nitrogen and oxygen atoms in total. The zero-order valence-corrected chi connectivity index (χ0v) is 15.9. The molecule has 0 bridgehead atoms. The van der Waals surface area contributed by atoms with Gasteiger partial charge in [-0.05, 0) is 31.2 Å². The first-order valence-corrected chi connectivity index (χ1v) is 9.94. The molecule has 0 amide bonds. The van der Waals surface area contributed by atoms with E-state index in [0.717, 1.165) is 0 Å². The second-order valence-electron chi connectivity index (χ2n) is 5.99. The average molecular weight is 427 g/mol. The van der Waals surface area contributed by atoms with Crippen molar-refractivity contribution in [2.24, 2.45) is 0 Å². The van der Waals surface area contributed by atoms with E-state index >= 15 is 0 Å². The molecule has 2 heterocycles. The molecule has 0 atom stereocenters. The third-order valence-corrected chi connectivity index (χ3v) is 4.86. The Morgan fingerprint density at radius 1 is 1.17 bits per heavy atom. The van der Waals surface area contributed by atoms with Crippen LogP contribution in [0.4, 0.5) is 18.9 Å². The molecule has 1 N–H and O–H groups in total. The van der Waals surface area contributed by atoms with Gasteiger partial charge in [-0.15, -0.1) is 0 Å². The summed E-state index contributed by atoms with van der Waals surface area (Å²) in [5.41, 5.74) is 0.123. The first-order chi connectivity index (χ1) is 13.6. The van der Waals surface area contributed by atoms with Gasteiger partial charge in [-0.3, -0.25) is 9.29 Å². The van der Waals surface area contributed by atoms with Crippen LogP contribution in [0, 0.1) is 6.92 Å². The van der Waals surface area contributed by atoms with Crippen molar-refractivity contribution in [2.75, 3.05) is 10.5 Å². The smallest absolute Gasteiger partial charge is 0.390 e. The summed E-state index contributed by atoms with van der Waals surface area (Å²) in [6.07, 6.45) is -1.07. The van der Waals surface area contributed by atoms with E-state index in [-0.39, 0.29) is 11.6 Å². The third-order valence-electron chi connectivity index (χ3n) is 3.57. The van der Waals surface area contributed by atoms with Crippen LogP contribution in [0.5, 0.6) is 11.6 Å². The minimum atomic E-state index is -4.54. The summed E-state index contributed by atoms with van der Waals surface area (Å²) < 4.78 is 69.6. The Balaban J connectivity index is 1.68. The normalized spacial score (nSPS) is 12.0. The monoisotopic (exact) mass is 427 g/mol. The van der Waals surface area contributed by atoms with E-state index < -0.39 is 28.4 Å². The lowest BCUT2D eigenvalue weighted by Crippen LogP contribution is -2.21. The first kappa shape index (κ1) is 20.6. The minimum absolute atomic E-state index is 0.123. The highest BCUT2D eigenvalue weighted by atomic mass is 32.2. The number of ether oxygens (including phenoxy) is 1. The van der Waals surface area contributed by atoms with Crippen LogP contribution in [0.15, 0.2) is 49.1 Å². The van der Waals surface area contributed by atoms with Crippen molar-refractivity contribution in [2.45, 2.75) is 19.5 Å². The Bertz CT molecular complexity index is 1070. The molecule has 0 spiro atoms. The van der Waals surface area contributed by atoms with Gasteiger partial charge in [0, 0.05) is 24.1 Å². The van der Waals surface area contributed by atoms with Gasteiger partial charge in [0.1, 0.15) is 23.7 Å². The number of nitrogens with zero attached hydrogens (tertiary/aromatic N) is 4. The SMILES string of the molecule is Cc1nc(Oc2ccc(NS(=O)(=O)CCC(F)(F)F)cc2)cc(-n2ccnc2)n1. The number of anilines is 1. The molecule has 3 aromatic rings. The van der Waals surface area contributed by atoms with Gasteiger partial charge in [0.15, 0.2) is 0 Å². The predicted octanol–water partition coefficient (Wildman–Crippen LogP) is 3.46. The second-order valence-corrected chi connectivity index (χ2v) is 7.84. The highest BCUT2D eigenvalue weighted by molar-refractivity contribution is 7.92. The van der Waals surface area contributed by atoms with Gasteiger partial charge in [0.25, 0.3) is 0 Å². The summed E-state index contributed by atoms with van der Waals surface area (Å²) in [5, 5.41) is 0. The summed E-state index contributed by atoms with van der Waals surface area (Å²) in [5.74, 6) is 0.600. The van der Waals surface area contributed by atoms with Gasteiger partial charge in [-0.25, -0.2) is 18.4 Å². The number of hydrogen-bond acceptors (Lipinski definition) is 6. The van der Waals surface area contributed by atoms with Crippen LogP contribution in [0.2, 0.25) is 0 Å². The molecule has 0 saturated heterocycles. The van der Waals surface area contributed by atoms with Gasteiger partial charge in [-0.1, -0.05) is 0 Å². The van der Waals surface area contributed by atoms with Gasteiger partial charge in [0.2, 0.25) is 15.9 Å². The van der Waals surface area contributed by atoms with E-state index in [4.69, 9.17) is 4.74 Å². The van der Waals surface area contributed by atoms with Crippen molar-refractivity contribution in [1.82, 2.24) is 19.5 Å². The molecule has 0 fully saturated rings. The fourth-order valence-electron chi connectivity index (χ4n) is 2.30. The van der Waals surface area contributed by atoms with Crippen LogP contribution in [-0.2, 0) is 10.0 Å². The number of imidazole rings is 1. The minimum Gasteiger partial charge on any atom is -0.439 e. The number of aryl methyl sites for hydroxylation is 1. The van der Waals surface area contributed by atoms with Gasteiger partial charge < -0.3 is 4.74 Å². The molecule has 0 aliphatic heterocycles. The summed E-state index contributed by atoms with van der Waals surface area (Å²) in [4.78, 5) is 12.4. The van der Waals surface area contributed by atoms with Crippen molar-refractivity contribution < 1.29 is 26.3 Å². The molecule has 0 aliphatic carbocycles. The quantitative estimate of drug-likeness (QED) is 0.620. The zero-order chi connectivity index (χ0) is 21.1. The highest BCUT2D eigenvalue weighted by Gasteiger charge is 2.29. The molecule has 154 valence electrons. The molecule has 0 saturated carbocycles. The van der Waals surface area contributed by atoms with E-state index in [1.807, 2.05) is 0 Å². The highest BCUT2D eigenvalue weighted by Crippen LogP contribution is 2.24. The number of benzene rings is 1. The maximum atomic E-state index is 12.2. The molecule has 1 aromatic carbocycles. The van der Waals surface area contributed by atoms with Crippen molar-refractivity contribution in [3.05, 3.63) is 54.9 Å². The summed E-state index contributed by atoms with van der Waals surface area (Å²) in [6.45, 7) is 1.70. The van der Waals surface area contributed by atoms with Crippen molar-refractivity contribution in [3.63, 3.8) is 0 Å². The van der Waals surface area contributed by atoms with E-state index in [1.165, 1.54) is 24.3 Å². The Morgan fingerprint density at radius 2 is 1.90 bits per heavy atom. The van der Waals surface area contributed by atoms with E-state index in [2.05, 4.69) is 19.7 Å². The lowest BCUT2D eigenvalue weighted by atomic mass is 10.3. The molecule has 12 heteroatoms. The molecule has 0 aliphatic rings. The molecular weight excluding hydrogens is 411 g/mol. The van der Waals surface area contributed by atoms with Crippen molar-refractivity contribution >= 4 is 15.7 Å². The van der Waals surface area contributed by atoms with Crippen LogP contribution in [0.1, 0.15) is 12.2 Å².